The minimum atomic E-state index is -0.655. The van der Waals surface area contributed by atoms with E-state index in [1.54, 1.807) is 31.5 Å². The average molecular weight is 238 g/mol. The summed E-state index contributed by atoms with van der Waals surface area (Å²) in [5.41, 5.74) is 0.571. The molecule has 1 aromatic carbocycles. The van der Waals surface area contributed by atoms with Gasteiger partial charge in [0.1, 0.15) is 5.82 Å². The molecular weight excluding hydrogens is 227 g/mol. The highest BCUT2D eigenvalue weighted by atomic mass is 32.2. The molecule has 0 fully saturated rings. The molecule has 0 amide bonds. The summed E-state index contributed by atoms with van der Waals surface area (Å²) < 4.78 is 13.6. The van der Waals surface area contributed by atoms with E-state index in [9.17, 15) is 9.50 Å². The normalized spacial score (nSPS) is 12.7. The van der Waals surface area contributed by atoms with Gasteiger partial charge in [0.05, 0.1) is 11.0 Å². The standard InChI is InChI=1S/C11H11FN2OS/c1-7(15)8-2-3-10(9(12)6-8)16-11-13-4-5-14-11/h2-7,15H,1H3,(H,13,14). The molecule has 84 valence electrons. The molecule has 0 saturated carbocycles. The topological polar surface area (TPSA) is 48.9 Å². The van der Waals surface area contributed by atoms with Crippen molar-refractivity contribution >= 4 is 11.8 Å². The number of rotatable bonds is 3. The van der Waals surface area contributed by atoms with E-state index in [0.717, 1.165) is 0 Å². The Morgan fingerprint density at radius 3 is 2.88 bits per heavy atom. The summed E-state index contributed by atoms with van der Waals surface area (Å²) in [6.45, 7) is 1.61. The van der Waals surface area contributed by atoms with Crippen molar-refractivity contribution in [1.29, 1.82) is 0 Å². The minimum absolute atomic E-state index is 0.347. The van der Waals surface area contributed by atoms with Crippen molar-refractivity contribution in [2.45, 2.75) is 23.1 Å². The van der Waals surface area contributed by atoms with Crippen LogP contribution in [0.1, 0.15) is 18.6 Å². The fourth-order valence-corrected chi connectivity index (χ4v) is 2.01. The fraction of sp³-hybridized carbons (Fsp3) is 0.182. The third-order valence-electron chi connectivity index (χ3n) is 2.12. The molecule has 0 saturated heterocycles. The Labute approximate surface area is 96.7 Å². The van der Waals surface area contributed by atoms with Gasteiger partial charge < -0.3 is 10.1 Å². The monoisotopic (exact) mass is 238 g/mol. The number of aromatic nitrogens is 2. The molecule has 1 heterocycles. The van der Waals surface area contributed by atoms with Gasteiger partial charge in [0.15, 0.2) is 5.16 Å². The van der Waals surface area contributed by atoms with Gasteiger partial charge >= 0.3 is 0 Å². The van der Waals surface area contributed by atoms with Crippen LogP contribution in [0.4, 0.5) is 4.39 Å². The largest absolute Gasteiger partial charge is 0.389 e. The first-order valence-electron chi connectivity index (χ1n) is 4.81. The van der Waals surface area contributed by atoms with Crippen LogP contribution in [-0.2, 0) is 0 Å². The summed E-state index contributed by atoms with van der Waals surface area (Å²) in [4.78, 5) is 7.37. The quantitative estimate of drug-likeness (QED) is 0.864. The highest BCUT2D eigenvalue weighted by Crippen LogP contribution is 2.28. The summed E-state index contributed by atoms with van der Waals surface area (Å²) in [6.07, 6.45) is 2.65. The van der Waals surface area contributed by atoms with Crippen molar-refractivity contribution in [3.63, 3.8) is 0 Å². The van der Waals surface area contributed by atoms with Crippen molar-refractivity contribution < 1.29 is 9.50 Å². The molecule has 1 atom stereocenters. The second-order valence-electron chi connectivity index (χ2n) is 3.36. The first kappa shape index (κ1) is 11.2. The van der Waals surface area contributed by atoms with Crippen LogP contribution < -0.4 is 0 Å². The van der Waals surface area contributed by atoms with Crippen LogP contribution in [0, 0.1) is 5.82 Å². The molecule has 16 heavy (non-hydrogen) atoms. The first-order chi connectivity index (χ1) is 7.66. The van der Waals surface area contributed by atoms with E-state index < -0.39 is 6.10 Å². The highest BCUT2D eigenvalue weighted by molar-refractivity contribution is 7.99. The van der Waals surface area contributed by atoms with Crippen LogP contribution >= 0.6 is 11.8 Å². The second-order valence-corrected chi connectivity index (χ2v) is 4.39. The van der Waals surface area contributed by atoms with Gasteiger partial charge in [0.2, 0.25) is 0 Å². The van der Waals surface area contributed by atoms with Crippen LogP contribution in [-0.4, -0.2) is 15.1 Å². The summed E-state index contributed by atoms with van der Waals surface area (Å²) >= 11 is 1.22. The van der Waals surface area contributed by atoms with E-state index >= 15 is 0 Å². The lowest BCUT2D eigenvalue weighted by Crippen LogP contribution is -1.93. The summed E-state index contributed by atoms with van der Waals surface area (Å²) in [5, 5.41) is 9.95. The van der Waals surface area contributed by atoms with Crippen LogP contribution in [0.25, 0.3) is 0 Å². The van der Waals surface area contributed by atoms with Gasteiger partial charge in [0, 0.05) is 12.4 Å². The molecule has 2 N–H and O–H groups in total. The third kappa shape index (κ3) is 2.43. The van der Waals surface area contributed by atoms with E-state index in [0.29, 0.717) is 15.6 Å². The van der Waals surface area contributed by atoms with Gasteiger partial charge in [-0.15, -0.1) is 0 Å². The Bertz CT molecular complexity index is 471. The number of imidazole rings is 1. The zero-order chi connectivity index (χ0) is 11.5. The predicted octanol–water partition coefficient (Wildman–Crippen LogP) is 2.75. The smallest absolute Gasteiger partial charge is 0.170 e. The number of aliphatic hydroxyl groups is 1. The summed E-state index contributed by atoms with van der Waals surface area (Å²) in [6, 6.07) is 4.69. The first-order valence-corrected chi connectivity index (χ1v) is 5.63. The van der Waals surface area contributed by atoms with Crippen molar-refractivity contribution in [2.24, 2.45) is 0 Å². The third-order valence-corrected chi connectivity index (χ3v) is 3.09. The van der Waals surface area contributed by atoms with Gasteiger partial charge in [0.25, 0.3) is 0 Å². The molecule has 3 nitrogen and oxygen atoms in total. The number of nitrogens with zero attached hydrogens (tertiary/aromatic N) is 1. The fourth-order valence-electron chi connectivity index (χ4n) is 1.27. The summed E-state index contributed by atoms with van der Waals surface area (Å²) in [7, 11) is 0. The van der Waals surface area contributed by atoms with E-state index in [1.807, 2.05) is 0 Å². The lowest BCUT2D eigenvalue weighted by Gasteiger charge is -2.06. The molecule has 0 aliphatic heterocycles. The number of hydrogen-bond donors (Lipinski definition) is 2. The van der Waals surface area contributed by atoms with Crippen LogP contribution in [0.5, 0.6) is 0 Å². The molecule has 0 aliphatic rings. The van der Waals surface area contributed by atoms with Crippen LogP contribution in [0.3, 0.4) is 0 Å². The zero-order valence-electron chi connectivity index (χ0n) is 8.64. The molecule has 0 radical (unpaired) electrons. The van der Waals surface area contributed by atoms with Gasteiger partial charge in [-0.25, -0.2) is 9.37 Å². The molecular formula is C11H11FN2OS. The maximum Gasteiger partial charge on any atom is 0.170 e. The van der Waals surface area contributed by atoms with Gasteiger partial charge in [-0.3, -0.25) is 0 Å². The van der Waals surface area contributed by atoms with Gasteiger partial charge in [-0.2, -0.15) is 0 Å². The van der Waals surface area contributed by atoms with Crippen LogP contribution in [0.15, 0.2) is 40.6 Å². The average Bonchev–Trinajstić information content (AvgIpc) is 2.73. The number of benzene rings is 1. The maximum absolute atomic E-state index is 13.6. The molecule has 1 aromatic heterocycles. The SMILES string of the molecule is CC(O)c1ccc(Sc2ncc[nH]2)c(F)c1. The van der Waals surface area contributed by atoms with Crippen molar-refractivity contribution in [3.8, 4) is 0 Å². The summed E-state index contributed by atoms with van der Waals surface area (Å²) in [5.74, 6) is -0.347. The molecule has 0 aliphatic carbocycles. The van der Waals surface area contributed by atoms with E-state index in [-0.39, 0.29) is 5.82 Å². The minimum Gasteiger partial charge on any atom is -0.389 e. The zero-order valence-corrected chi connectivity index (χ0v) is 9.46. The molecule has 1 unspecified atom stereocenters. The number of halogens is 1. The Morgan fingerprint density at radius 1 is 1.50 bits per heavy atom. The van der Waals surface area contributed by atoms with Crippen LogP contribution in [0.2, 0.25) is 0 Å². The van der Waals surface area contributed by atoms with E-state index in [1.165, 1.54) is 17.8 Å². The Kier molecular flexibility index (Phi) is 3.26. The maximum atomic E-state index is 13.6. The van der Waals surface area contributed by atoms with Crippen molar-refractivity contribution in [3.05, 3.63) is 42.0 Å². The predicted molar refractivity (Wildman–Crippen MR) is 59.7 cm³/mol. The second kappa shape index (κ2) is 4.67. The number of H-pyrrole nitrogens is 1. The lowest BCUT2D eigenvalue weighted by molar-refractivity contribution is 0.198. The Balaban J connectivity index is 2.23. The van der Waals surface area contributed by atoms with Crippen molar-refractivity contribution in [1.82, 2.24) is 9.97 Å². The number of nitrogens with one attached hydrogen (secondary N) is 1. The Morgan fingerprint density at radius 2 is 2.31 bits per heavy atom. The lowest BCUT2D eigenvalue weighted by atomic mass is 10.1. The molecule has 2 aromatic rings. The molecule has 5 heteroatoms. The molecule has 0 bridgehead atoms. The number of aliphatic hydroxyl groups excluding tert-OH is 1. The van der Waals surface area contributed by atoms with E-state index in [4.69, 9.17) is 0 Å². The number of aromatic amines is 1. The van der Waals surface area contributed by atoms with Gasteiger partial charge in [-0.05, 0) is 36.4 Å². The Hall–Kier alpha value is -1.33. The van der Waals surface area contributed by atoms with E-state index in [2.05, 4.69) is 9.97 Å². The molecule has 2 rings (SSSR count). The van der Waals surface area contributed by atoms with Gasteiger partial charge in [-0.1, -0.05) is 6.07 Å². The van der Waals surface area contributed by atoms with Crippen molar-refractivity contribution in [2.75, 3.05) is 0 Å². The highest BCUT2D eigenvalue weighted by Gasteiger charge is 2.09. The molecule has 0 spiro atoms. The number of hydrogen-bond acceptors (Lipinski definition) is 3.